The number of carbonyl (C=O) groups is 1. The summed E-state index contributed by atoms with van der Waals surface area (Å²) in [5.74, 6) is 0.230. The molecule has 1 saturated heterocycles. The molecule has 1 aromatic carbocycles. The molecule has 0 spiro atoms. The van der Waals surface area contributed by atoms with Crippen molar-refractivity contribution in [2.45, 2.75) is 12.2 Å². The lowest BCUT2D eigenvalue weighted by molar-refractivity contribution is -0.141. The third-order valence-corrected chi connectivity index (χ3v) is 3.34. The van der Waals surface area contributed by atoms with Crippen molar-refractivity contribution in [3.8, 4) is 11.4 Å². The van der Waals surface area contributed by atoms with E-state index in [9.17, 15) is 18.0 Å². The zero-order chi connectivity index (χ0) is 15.0. The van der Waals surface area contributed by atoms with Crippen molar-refractivity contribution in [2.75, 3.05) is 13.2 Å². The molecule has 0 aliphatic carbocycles. The van der Waals surface area contributed by atoms with E-state index in [4.69, 9.17) is 4.74 Å². The largest absolute Gasteiger partial charge is 0.434 e. The number of aromatic nitrogens is 2. The van der Waals surface area contributed by atoms with Crippen molar-refractivity contribution < 1.29 is 22.7 Å². The fourth-order valence-corrected chi connectivity index (χ4v) is 2.12. The molecule has 0 atom stereocenters. The Morgan fingerprint density at radius 3 is 2.38 bits per heavy atom. The zero-order valence-corrected chi connectivity index (χ0v) is 10.8. The fourth-order valence-electron chi connectivity index (χ4n) is 2.12. The van der Waals surface area contributed by atoms with Crippen LogP contribution in [0.2, 0.25) is 0 Å². The van der Waals surface area contributed by atoms with Crippen LogP contribution >= 0.6 is 0 Å². The molecule has 0 unspecified atom stereocenters. The third-order valence-electron chi connectivity index (χ3n) is 3.34. The molecule has 1 aliphatic heterocycles. The van der Waals surface area contributed by atoms with Gasteiger partial charge in [0, 0.05) is 17.3 Å². The highest BCUT2D eigenvalue weighted by Crippen LogP contribution is 2.34. The molecule has 0 amide bonds. The van der Waals surface area contributed by atoms with Gasteiger partial charge in [-0.3, -0.25) is 4.79 Å². The molecule has 2 aromatic rings. The van der Waals surface area contributed by atoms with Crippen molar-refractivity contribution in [1.82, 2.24) is 9.55 Å². The van der Waals surface area contributed by atoms with Gasteiger partial charge in [-0.15, -0.1) is 0 Å². The summed E-state index contributed by atoms with van der Waals surface area (Å²) in [6, 6.07) is 6.12. The Balaban J connectivity index is 2.06. The highest BCUT2D eigenvalue weighted by Gasteiger charge is 2.36. The van der Waals surface area contributed by atoms with Gasteiger partial charge in [-0.1, -0.05) is 24.3 Å². The van der Waals surface area contributed by atoms with Gasteiger partial charge in [0.1, 0.15) is 12.1 Å². The number of ether oxygens (including phenoxy) is 1. The number of aldehydes is 1. The Morgan fingerprint density at radius 2 is 1.90 bits per heavy atom. The van der Waals surface area contributed by atoms with E-state index in [0.717, 1.165) is 6.20 Å². The van der Waals surface area contributed by atoms with Crippen LogP contribution < -0.4 is 0 Å². The second kappa shape index (κ2) is 5.00. The number of hydrogen-bond acceptors (Lipinski definition) is 3. The predicted molar refractivity (Wildman–Crippen MR) is 67.9 cm³/mol. The summed E-state index contributed by atoms with van der Waals surface area (Å²) in [5.41, 5.74) is 0.0618. The maximum atomic E-state index is 12.8. The number of imidazole rings is 1. The molecule has 1 aromatic heterocycles. The first kappa shape index (κ1) is 13.8. The summed E-state index contributed by atoms with van der Waals surface area (Å²) in [4.78, 5) is 14.3. The number of rotatable bonds is 3. The molecule has 2 heterocycles. The summed E-state index contributed by atoms with van der Waals surface area (Å²) in [6.45, 7) is 0.736. The molecule has 0 N–H and O–H groups in total. The van der Waals surface area contributed by atoms with E-state index < -0.39 is 11.9 Å². The van der Waals surface area contributed by atoms with Gasteiger partial charge in [-0.2, -0.15) is 13.2 Å². The van der Waals surface area contributed by atoms with E-state index in [2.05, 4.69) is 4.98 Å². The van der Waals surface area contributed by atoms with E-state index in [1.165, 1.54) is 4.57 Å². The molecule has 0 saturated carbocycles. The average Bonchev–Trinajstić information content (AvgIpc) is 2.81. The summed E-state index contributed by atoms with van der Waals surface area (Å²) < 4.78 is 45.1. The third kappa shape index (κ3) is 2.56. The number of hydrogen-bond donors (Lipinski definition) is 0. The van der Waals surface area contributed by atoms with E-state index in [0.29, 0.717) is 30.6 Å². The normalized spacial score (nSPS) is 15.8. The first-order valence-corrected chi connectivity index (χ1v) is 6.28. The van der Waals surface area contributed by atoms with Crippen LogP contribution in [0.25, 0.3) is 11.4 Å². The van der Waals surface area contributed by atoms with Crippen LogP contribution in [0, 0.1) is 0 Å². The molecule has 110 valence electrons. The van der Waals surface area contributed by atoms with Crippen molar-refractivity contribution >= 4 is 6.29 Å². The van der Waals surface area contributed by atoms with Gasteiger partial charge in [-0.05, 0) is 0 Å². The van der Waals surface area contributed by atoms with E-state index >= 15 is 0 Å². The molecular formula is C14H11F3N2O2. The molecule has 4 nitrogen and oxygen atoms in total. The van der Waals surface area contributed by atoms with Crippen LogP contribution in [0.1, 0.15) is 22.1 Å². The fraction of sp³-hybridized carbons (Fsp3) is 0.286. The van der Waals surface area contributed by atoms with E-state index in [1.807, 2.05) is 0 Å². The monoisotopic (exact) mass is 296 g/mol. The number of carbonyl (C=O) groups excluding carboxylic acids is 1. The molecule has 0 bridgehead atoms. The number of nitrogens with zero attached hydrogens (tertiary/aromatic N) is 2. The zero-order valence-electron chi connectivity index (χ0n) is 10.8. The van der Waals surface area contributed by atoms with Gasteiger partial charge < -0.3 is 9.30 Å². The van der Waals surface area contributed by atoms with Crippen LogP contribution in [0.4, 0.5) is 13.2 Å². The van der Waals surface area contributed by atoms with Crippen LogP contribution in [-0.4, -0.2) is 29.1 Å². The second-order valence-electron chi connectivity index (χ2n) is 4.79. The Labute approximate surface area is 118 Å². The summed E-state index contributed by atoms with van der Waals surface area (Å²) in [5, 5.41) is 0. The van der Waals surface area contributed by atoms with E-state index in [1.54, 1.807) is 24.3 Å². The quantitative estimate of drug-likeness (QED) is 0.818. The smallest absolute Gasteiger partial charge is 0.377 e. The lowest BCUT2D eigenvalue weighted by Crippen LogP contribution is -2.30. The Kier molecular flexibility index (Phi) is 3.29. The van der Waals surface area contributed by atoms with Crippen LogP contribution in [-0.2, 0) is 10.9 Å². The predicted octanol–water partition coefficient (Wildman–Crippen LogP) is 2.95. The average molecular weight is 296 g/mol. The molecule has 0 radical (unpaired) electrons. The van der Waals surface area contributed by atoms with Crippen LogP contribution in [0.5, 0.6) is 0 Å². The standard InChI is InChI=1S/C14H11F3N2O2/c15-14(16,17)12-5-19(11-7-21-8-11)13(18-12)10-3-1-9(6-20)2-4-10/h1-6,11H,7-8H2. The Hall–Kier alpha value is -2.15. The first-order chi connectivity index (χ1) is 9.99. The minimum Gasteiger partial charge on any atom is -0.377 e. The van der Waals surface area contributed by atoms with Crippen LogP contribution in [0.3, 0.4) is 0 Å². The SMILES string of the molecule is O=Cc1ccc(-c2nc(C(F)(F)F)cn2C2COC2)cc1. The van der Waals surface area contributed by atoms with Crippen LogP contribution in [0.15, 0.2) is 30.5 Å². The minimum absolute atomic E-state index is 0.144. The van der Waals surface area contributed by atoms with Crippen molar-refractivity contribution in [3.05, 3.63) is 41.7 Å². The highest BCUT2D eigenvalue weighted by atomic mass is 19.4. The molecule has 3 rings (SSSR count). The number of halogens is 3. The topological polar surface area (TPSA) is 44.1 Å². The molecular weight excluding hydrogens is 285 g/mol. The summed E-state index contributed by atoms with van der Waals surface area (Å²) in [6.07, 6.45) is -2.80. The van der Waals surface area contributed by atoms with Gasteiger partial charge in [-0.25, -0.2) is 4.98 Å². The van der Waals surface area contributed by atoms with Crippen molar-refractivity contribution in [3.63, 3.8) is 0 Å². The maximum Gasteiger partial charge on any atom is 0.434 e. The molecule has 7 heteroatoms. The van der Waals surface area contributed by atoms with Gasteiger partial charge in [0.05, 0.1) is 19.3 Å². The first-order valence-electron chi connectivity index (χ1n) is 6.28. The number of alkyl halides is 3. The highest BCUT2D eigenvalue weighted by molar-refractivity contribution is 5.76. The Bertz CT molecular complexity index is 658. The number of benzene rings is 1. The second-order valence-corrected chi connectivity index (χ2v) is 4.79. The van der Waals surface area contributed by atoms with Crippen molar-refractivity contribution in [1.29, 1.82) is 0 Å². The van der Waals surface area contributed by atoms with Gasteiger partial charge in [0.2, 0.25) is 0 Å². The summed E-state index contributed by atoms with van der Waals surface area (Å²) >= 11 is 0. The summed E-state index contributed by atoms with van der Waals surface area (Å²) in [7, 11) is 0. The van der Waals surface area contributed by atoms with Gasteiger partial charge in [0.25, 0.3) is 0 Å². The van der Waals surface area contributed by atoms with Crippen molar-refractivity contribution in [2.24, 2.45) is 0 Å². The maximum absolute atomic E-state index is 12.8. The lowest BCUT2D eigenvalue weighted by Gasteiger charge is -2.28. The Morgan fingerprint density at radius 1 is 1.24 bits per heavy atom. The minimum atomic E-state index is -4.49. The van der Waals surface area contributed by atoms with Gasteiger partial charge in [0.15, 0.2) is 5.69 Å². The molecule has 21 heavy (non-hydrogen) atoms. The molecule has 1 fully saturated rings. The molecule has 1 aliphatic rings. The van der Waals surface area contributed by atoms with Gasteiger partial charge >= 0.3 is 6.18 Å². The lowest BCUT2D eigenvalue weighted by atomic mass is 10.1. The van der Waals surface area contributed by atoms with E-state index in [-0.39, 0.29) is 11.9 Å².